The molecule has 0 saturated heterocycles. The molecule has 0 aliphatic rings. The second-order valence-electron chi connectivity index (χ2n) is 6.83. The van der Waals surface area contributed by atoms with E-state index in [1.807, 2.05) is 6.92 Å². The molecule has 142 valence electrons. The molecule has 0 aromatic rings. The third kappa shape index (κ3) is 9.94. The number of esters is 1. The fourth-order valence-corrected chi connectivity index (χ4v) is 3.27. The van der Waals surface area contributed by atoms with Crippen LogP contribution in [0.5, 0.6) is 0 Å². The van der Waals surface area contributed by atoms with Crippen LogP contribution >= 0.6 is 0 Å². The maximum Gasteiger partial charge on any atom is 0.312 e. The molecule has 1 unspecified atom stereocenters. The first-order valence-corrected chi connectivity index (χ1v) is 9.91. The maximum atomic E-state index is 12.5. The number of carbonyl (C=O) groups excluding carboxylic acids is 1. The van der Waals surface area contributed by atoms with Crippen LogP contribution in [0.4, 0.5) is 0 Å². The van der Waals surface area contributed by atoms with E-state index in [-0.39, 0.29) is 17.8 Å². The van der Waals surface area contributed by atoms with Crippen molar-refractivity contribution in [3.05, 3.63) is 0 Å². The molecule has 0 fully saturated rings. The summed E-state index contributed by atoms with van der Waals surface area (Å²) in [6.45, 7) is 6.62. The average molecular weight is 343 g/mol. The predicted molar refractivity (Wildman–Crippen MR) is 98.1 cm³/mol. The SMILES string of the molecule is CCCCCCC(CC)(CCCCCCCC(=O)O)C(=O)OCC. The summed E-state index contributed by atoms with van der Waals surface area (Å²) >= 11 is 0. The highest BCUT2D eigenvalue weighted by atomic mass is 16.5. The van der Waals surface area contributed by atoms with Crippen molar-refractivity contribution >= 4 is 11.9 Å². The maximum absolute atomic E-state index is 12.5. The Balaban J connectivity index is 4.31. The lowest BCUT2D eigenvalue weighted by molar-refractivity contribution is -0.157. The number of hydrogen-bond donors (Lipinski definition) is 1. The van der Waals surface area contributed by atoms with Gasteiger partial charge in [0.1, 0.15) is 0 Å². The minimum Gasteiger partial charge on any atom is -0.481 e. The van der Waals surface area contributed by atoms with Crippen LogP contribution in [0.1, 0.15) is 104 Å². The molecule has 4 heteroatoms. The van der Waals surface area contributed by atoms with Crippen LogP contribution in [0.3, 0.4) is 0 Å². The number of aliphatic carboxylic acids is 1. The molecule has 0 aromatic carbocycles. The monoisotopic (exact) mass is 342 g/mol. The Labute approximate surface area is 148 Å². The first-order chi connectivity index (χ1) is 11.5. The summed E-state index contributed by atoms with van der Waals surface area (Å²) in [6, 6.07) is 0. The molecule has 0 bridgehead atoms. The smallest absolute Gasteiger partial charge is 0.312 e. The van der Waals surface area contributed by atoms with Crippen molar-refractivity contribution in [2.75, 3.05) is 6.61 Å². The van der Waals surface area contributed by atoms with Crippen molar-refractivity contribution < 1.29 is 19.4 Å². The minimum absolute atomic E-state index is 0.0186. The highest BCUT2D eigenvalue weighted by molar-refractivity contribution is 5.76. The van der Waals surface area contributed by atoms with E-state index in [0.29, 0.717) is 6.61 Å². The number of carboxylic acids is 1. The number of ether oxygens (including phenoxy) is 1. The number of unbranched alkanes of at least 4 members (excludes halogenated alkanes) is 7. The van der Waals surface area contributed by atoms with Crippen LogP contribution in [0.25, 0.3) is 0 Å². The third-order valence-corrected chi connectivity index (χ3v) is 4.94. The molecule has 4 nitrogen and oxygen atoms in total. The van der Waals surface area contributed by atoms with Crippen molar-refractivity contribution in [2.45, 2.75) is 104 Å². The molecule has 0 saturated carbocycles. The summed E-state index contributed by atoms with van der Waals surface area (Å²) in [5, 5.41) is 8.64. The van der Waals surface area contributed by atoms with Crippen molar-refractivity contribution in [1.29, 1.82) is 0 Å². The molecule has 24 heavy (non-hydrogen) atoms. The Morgan fingerprint density at radius 3 is 1.88 bits per heavy atom. The Bertz CT molecular complexity index is 341. The van der Waals surface area contributed by atoms with Crippen LogP contribution < -0.4 is 0 Å². The second kappa shape index (κ2) is 14.3. The Morgan fingerprint density at radius 2 is 1.38 bits per heavy atom. The van der Waals surface area contributed by atoms with Gasteiger partial charge in [0.25, 0.3) is 0 Å². The fourth-order valence-electron chi connectivity index (χ4n) is 3.27. The van der Waals surface area contributed by atoms with Gasteiger partial charge in [0, 0.05) is 6.42 Å². The zero-order valence-electron chi connectivity index (χ0n) is 16.1. The number of rotatable bonds is 16. The summed E-state index contributed by atoms with van der Waals surface area (Å²) < 4.78 is 5.37. The van der Waals surface area contributed by atoms with Gasteiger partial charge >= 0.3 is 11.9 Å². The molecular formula is C20H38O4. The van der Waals surface area contributed by atoms with E-state index >= 15 is 0 Å². The van der Waals surface area contributed by atoms with Crippen molar-refractivity contribution in [2.24, 2.45) is 5.41 Å². The van der Waals surface area contributed by atoms with Gasteiger partial charge in [-0.25, -0.2) is 0 Å². The van der Waals surface area contributed by atoms with Crippen molar-refractivity contribution in [3.63, 3.8) is 0 Å². The average Bonchev–Trinajstić information content (AvgIpc) is 2.56. The van der Waals surface area contributed by atoms with E-state index in [1.54, 1.807) is 0 Å². The van der Waals surface area contributed by atoms with Gasteiger partial charge in [0.2, 0.25) is 0 Å². The van der Waals surface area contributed by atoms with Gasteiger partial charge in [-0.15, -0.1) is 0 Å². The third-order valence-electron chi connectivity index (χ3n) is 4.94. The largest absolute Gasteiger partial charge is 0.481 e. The zero-order valence-corrected chi connectivity index (χ0v) is 16.1. The molecular weight excluding hydrogens is 304 g/mol. The van der Waals surface area contributed by atoms with Crippen LogP contribution in [0.15, 0.2) is 0 Å². The molecule has 0 radical (unpaired) electrons. The Morgan fingerprint density at radius 1 is 0.833 bits per heavy atom. The van der Waals surface area contributed by atoms with E-state index in [1.165, 1.54) is 19.3 Å². The van der Waals surface area contributed by atoms with E-state index in [9.17, 15) is 9.59 Å². The lowest BCUT2D eigenvalue weighted by Crippen LogP contribution is -2.32. The van der Waals surface area contributed by atoms with Gasteiger partial charge in [-0.1, -0.05) is 65.2 Å². The Kier molecular flexibility index (Phi) is 13.7. The zero-order chi connectivity index (χ0) is 18.3. The van der Waals surface area contributed by atoms with Gasteiger partial charge in [-0.3, -0.25) is 9.59 Å². The van der Waals surface area contributed by atoms with E-state index in [2.05, 4.69) is 13.8 Å². The van der Waals surface area contributed by atoms with Crippen LogP contribution in [0.2, 0.25) is 0 Å². The van der Waals surface area contributed by atoms with Gasteiger partial charge in [-0.2, -0.15) is 0 Å². The number of hydrogen-bond acceptors (Lipinski definition) is 3. The van der Waals surface area contributed by atoms with Crippen molar-refractivity contribution in [3.8, 4) is 0 Å². The first-order valence-electron chi connectivity index (χ1n) is 9.91. The minimum atomic E-state index is -0.714. The summed E-state index contributed by atoms with van der Waals surface area (Å²) in [6.07, 6.45) is 12.5. The highest BCUT2D eigenvalue weighted by Gasteiger charge is 2.36. The lowest BCUT2D eigenvalue weighted by atomic mass is 9.75. The molecule has 1 N–H and O–H groups in total. The molecule has 0 aliphatic heterocycles. The molecule has 0 aliphatic carbocycles. The highest BCUT2D eigenvalue weighted by Crippen LogP contribution is 2.36. The summed E-state index contributed by atoms with van der Waals surface area (Å²) in [5.74, 6) is -0.732. The van der Waals surface area contributed by atoms with E-state index < -0.39 is 5.97 Å². The van der Waals surface area contributed by atoms with Gasteiger partial charge < -0.3 is 9.84 Å². The van der Waals surface area contributed by atoms with Crippen molar-refractivity contribution in [1.82, 2.24) is 0 Å². The van der Waals surface area contributed by atoms with Crippen LogP contribution in [-0.2, 0) is 14.3 Å². The van der Waals surface area contributed by atoms with E-state index in [4.69, 9.17) is 9.84 Å². The van der Waals surface area contributed by atoms with Gasteiger partial charge in [0.15, 0.2) is 0 Å². The van der Waals surface area contributed by atoms with Gasteiger partial charge in [0.05, 0.1) is 12.0 Å². The summed E-state index contributed by atoms with van der Waals surface area (Å²) in [7, 11) is 0. The molecule has 0 heterocycles. The van der Waals surface area contributed by atoms with Gasteiger partial charge in [-0.05, 0) is 32.6 Å². The van der Waals surface area contributed by atoms with Crippen LogP contribution in [0, 0.1) is 5.41 Å². The summed E-state index contributed by atoms with van der Waals surface area (Å²) in [4.78, 5) is 23.0. The van der Waals surface area contributed by atoms with E-state index in [0.717, 1.165) is 57.8 Å². The molecule has 0 spiro atoms. The second-order valence-corrected chi connectivity index (χ2v) is 6.83. The number of carboxylic acid groups (broad SMARTS) is 1. The molecule has 0 rings (SSSR count). The first kappa shape index (κ1) is 22.9. The normalized spacial score (nSPS) is 13.5. The predicted octanol–water partition coefficient (Wildman–Crippen LogP) is 5.73. The number of carbonyl (C=O) groups is 2. The fraction of sp³-hybridized carbons (Fsp3) is 0.900. The Hall–Kier alpha value is -1.06. The molecule has 0 aromatic heterocycles. The molecule has 1 atom stereocenters. The molecule has 0 amide bonds. The lowest BCUT2D eigenvalue weighted by Gasteiger charge is -2.30. The topological polar surface area (TPSA) is 63.6 Å². The standard InChI is InChI=1S/C20H38O4/c1-4-7-8-13-16-20(5-2,19(23)24-6-3)17-14-11-9-10-12-15-18(21)22/h4-17H2,1-3H3,(H,21,22). The quantitative estimate of drug-likeness (QED) is 0.287. The summed E-state index contributed by atoms with van der Waals surface area (Å²) in [5.41, 5.74) is -0.315. The van der Waals surface area contributed by atoms with Crippen LogP contribution in [-0.4, -0.2) is 23.7 Å².